The van der Waals surface area contributed by atoms with Crippen molar-refractivity contribution in [2.24, 2.45) is 0 Å². The molecule has 2 heterocycles. The maximum atomic E-state index is 13.9. The summed E-state index contributed by atoms with van der Waals surface area (Å²) >= 11 is 0. The van der Waals surface area contributed by atoms with E-state index in [-0.39, 0.29) is 11.9 Å². The van der Waals surface area contributed by atoms with Crippen molar-refractivity contribution < 1.29 is 19.0 Å². The smallest absolute Gasteiger partial charge is 0.338 e. The second-order valence-electron chi connectivity index (χ2n) is 4.76. The molecule has 2 aromatic rings. The Kier molecular flexibility index (Phi) is 3.43. The topological polar surface area (TPSA) is 71.5 Å². The van der Waals surface area contributed by atoms with Crippen LogP contribution in [0, 0.1) is 5.82 Å². The lowest BCUT2D eigenvalue weighted by molar-refractivity contribution is 0.0692. The maximum absolute atomic E-state index is 13.9. The molecule has 1 aromatic heterocycles. The van der Waals surface area contributed by atoms with Crippen molar-refractivity contribution in [2.75, 3.05) is 11.9 Å². The number of pyridine rings is 1. The number of para-hydroxylation sites is 1. The van der Waals surface area contributed by atoms with Gasteiger partial charge in [-0.3, -0.25) is 0 Å². The lowest BCUT2D eigenvalue weighted by Crippen LogP contribution is -2.25. The van der Waals surface area contributed by atoms with Crippen molar-refractivity contribution in [1.82, 2.24) is 4.98 Å². The molecule has 1 aromatic carbocycles. The molecule has 0 saturated carbocycles. The minimum atomic E-state index is -1.32. The van der Waals surface area contributed by atoms with Crippen LogP contribution in [0.3, 0.4) is 0 Å². The Labute approximate surface area is 120 Å². The predicted octanol–water partition coefficient (Wildman–Crippen LogP) is 2.33. The van der Waals surface area contributed by atoms with Gasteiger partial charge < -0.3 is 15.2 Å². The average Bonchev–Trinajstić information content (AvgIpc) is 2.88. The summed E-state index contributed by atoms with van der Waals surface area (Å²) < 4.78 is 19.6. The summed E-state index contributed by atoms with van der Waals surface area (Å²) in [5.41, 5.74) is 0.708. The van der Waals surface area contributed by atoms with Gasteiger partial charge in [0.15, 0.2) is 11.6 Å². The second-order valence-corrected chi connectivity index (χ2v) is 4.76. The summed E-state index contributed by atoms with van der Waals surface area (Å²) in [4.78, 5) is 14.7. The number of hydrogen-bond acceptors (Lipinski definition) is 4. The number of aromatic carboxylic acids is 1. The molecule has 1 aliphatic heterocycles. The largest absolute Gasteiger partial charge is 0.488 e. The third-order valence-corrected chi connectivity index (χ3v) is 3.33. The van der Waals surface area contributed by atoms with Crippen LogP contribution in [0.1, 0.15) is 15.9 Å². The van der Waals surface area contributed by atoms with E-state index in [1.807, 2.05) is 24.3 Å². The lowest BCUT2D eigenvalue weighted by Gasteiger charge is -2.13. The third kappa shape index (κ3) is 2.65. The number of nitrogens with zero attached hydrogens (tertiary/aromatic N) is 1. The van der Waals surface area contributed by atoms with Crippen molar-refractivity contribution in [3.63, 3.8) is 0 Å². The number of hydrogen-bond donors (Lipinski definition) is 2. The highest BCUT2D eigenvalue weighted by Crippen LogP contribution is 2.28. The van der Waals surface area contributed by atoms with Crippen molar-refractivity contribution in [3.8, 4) is 5.75 Å². The molecule has 0 bridgehead atoms. The van der Waals surface area contributed by atoms with Gasteiger partial charge in [0.05, 0.1) is 6.54 Å². The van der Waals surface area contributed by atoms with Crippen molar-refractivity contribution in [3.05, 3.63) is 53.5 Å². The van der Waals surface area contributed by atoms with Gasteiger partial charge in [0.2, 0.25) is 0 Å². The first-order chi connectivity index (χ1) is 10.1. The van der Waals surface area contributed by atoms with Crippen LogP contribution in [0.4, 0.5) is 10.2 Å². The van der Waals surface area contributed by atoms with E-state index < -0.39 is 17.3 Å². The van der Waals surface area contributed by atoms with E-state index in [1.54, 1.807) is 0 Å². The number of carboxylic acids is 1. The number of benzene rings is 1. The SMILES string of the molecule is O=C(O)c1ccnc(NCC2Cc3ccccc3O2)c1F. The number of halogens is 1. The van der Waals surface area contributed by atoms with Crippen LogP contribution in [-0.4, -0.2) is 28.7 Å². The van der Waals surface area contributed by atoms with Gasteiger partial charge in [-0.25, -0.2) is 14.2 Å². The van der Waals surface area contributed by atoms with Crippen molar-refractivity contribution >= 4 is 11.8 Å². The van der Waals surface area contributed by atoms with Gasteiger partial charge in [-0.15, -0.1) is 0 Å². The highest BCUT2D eigenvalue weighted by molar-refractivity contribution is 5.88. The molecule has 0 saturated heterocycles. The minimum absolute atomic E-state index is 0.0746. The van der Waals surface area contributed by atoms with E-state index in [9.17, 15) is 9.18 Å². The Morgan fingerprint density at radius 3 is 3.00 bits per heavy atom. The zero-order chi connectivity index (χ0) is 14.8. The summed E-state index contributed by atoms with van der Waals surface area (Å²) in [6.45, 7) is 0.349. The molecule has 2 N–H and O–H groups in total. The van der Waals surface area contributed by atoms with Crippen LogP contribution >= 0.6 is 0 Å². The highest BCUT2D eigenvalue weighted by atomic mass is 19.1. The van der Waals surface area contributed by atoms with E-state index in [0.29, 0.717) is 6.54 Å². The molecule has 0 amide bonds. The first-order valence-electron chi connectivity index (χ1n) is 6.51. The second kappa shape index (κ2) is 5.40. The van der Waals surface area contributed by atoms with Gasteiger partial charge in [0.25, 0.3) is 0 Å². The van der Waals surface area contributed by atoms with Crippen LogP contribution in [0.5, 0.6) is 5.75 Å². The number of rotatable bonds is 4. The minimum Gasteiger partial charge on any atom is -0.488 e. The molecular weight excluding hydrogens is 275 g/mol. The number of fused-ring (bicyclic) bond motifs is 1. The predicted molar refractivity (Wildman–Crippen MR) is 74.2 cm³/mol. The molecule has 0 fully saturated rings. The van der Waals surface area contributed by atoms with Gasteiger partial charge >= 0.3 is 5.97 Å². The Morgan fingerprint density at radius 2 is 2.24 bits per heavy atom. The molecule has 1 aliphatic rings. The summed E-state index contributed by atoms with van der Waals surface area (Å²) in [5, 5.41) is 11.7. The van der Waals surface area contributed by atoms with Crippen molar-refractivity contribution in [2.45, 2.75) is 12.5 Å². The number of anilines is 1. The standard InChI is InChI=1S/C15H13FN2O3/c16-13-11(15(19)20)5-6-17-14(13)18-8-10-7-9-3-1-2-4-12(9)21-10/h1-6,10H,7-8H2,(H,17,18)(H,19,20). The number of nitrogens with one attached hydrogen (secondary N) is 1. The summed E-state index contributed by atoms with van der Waals surface area (Å²) in [7, 11) is 0. The van der Waals surface area contributed by atoms with Gasteiger partial charge in [0, 0.05) is 12.6 Å². The molecule has 6 heteroatoms. The lowest BCUT2D eigenvalue weighted by atomic mass is 10.1. The van der Waals surface area contributed by atoms with Gasteiger partial charge in [-0.05, 0) is 17.7 Å². The first-order valence-corrected chi connectivity index (χ1v) is 6.51. The molecule has 1 unspecified atom stereocenters. The van der Waals surface area contributed by atoms with Crippen molar-refractivity contribution in [1.29, 1.82) is 0 Å². The fourth-order valence-corrected chi connectivity index (χ4v) is 2.31. The van der Waals surface area contributed by atoms with Gasteiger partial charge in [-0.2, -0.15) is 0 Å². The van der Waals surface area contributed by atoms with E-state index in [1.165, 1.54) is 6.20 Å². The fourth-order valence-electron chi connectivity index (χ4n) is 2.31. The molecule has 3 rings (SSSR count). The Balaban J connectivity index is 1.67. The van der Waals surface area contributed by atoms with Gasteiger partial charge in [0.1, 0.15) is 17.4 Å². The van der Waals surface area contributed by atoms with E-state index >= 15 is 0 Å². The number of aromatic nitrogens is 1. The Hall–Kier alpha value is -2.63. The normalized spacial score (nSPS) is 16.1. The number of ether oxygens (including phenoxy) is 1. The number of carboxylic acid groups (broad SMARTS) is 1. The molecule has 0 radical (unpaired) electrons. The van der Waals surface area contributed by atoms with Crippen LogP contribution in [0.15, 0.2) is 36.5 Å². The highest BCUT2D eigenvalue weighted by Gasteiger charge is 2.23. The molecule has 0 aliphatic carbocycles. The molecule has 21 heavy (non-hydrogen) atoms. The monoisotopic (exact) mass is 288 g/mol. The molecule has 108 valence electrons. The summed E-state index contributed by atoms with van der Waals surface area (Å²) in [6, 6.07) is 8.84. The molecule has 0 spiro atoms. The third-order valence-electron chi connectivity index (χ3n) is 3.33. The number of carbonyl (C=O) groups is 1. The van der Waals surface area contributed by atoms with Gasteiger partial charge in [-0.1, -0.05) is 18.2 Å². The molecule has 5 nitrogen and oxygen atoms in total. The van der Waals surface area contributed by atoms with E-state index in [4.69, 9.17) is 9.84 Å². The zero-order valence-electron chi connectivity index (χ0n) is 11.0. The van der Waals surface area contributed by atoms with E-state index in [2.05, 4.69) is 10.3 Å². The van der Waals surface area contributed by atoms with E-state index in [0.717, 1.165) is 23.8 Å². The van der Waals surface area contributed by atoms with Crippen LogP contribution in [0.2, 0.25) is 0 Å². The van der Waals surface area contributed by atoms with Crippen LogP contribution in [-0.2, 0) is 6.42 Å². The summed E-state index contributed by atoms with van der Waals surface area (Å²) in [5.74, 6) is -1.42. The average molecular weight is 288 g/mol. The maximum Gasteiger partial charge on any atom is 0.338 e. The molecular formula is C15H13FN2O3. The van der Waals surface area contributed by atoms with Crippen LogP contribution in [0.25, 0.3) is 0 Å². The summed E-state index contributed by atoms with van der Waals surface area (Å²) in [6.07, 6.45) is 1.86. The molecule has 1 atom stereocenters. The Bertz CT molecular complexity index is 665. The van der Waals surface area contributed by atoms with Crippen LogP contribution < -0.4 is 10.1 Å². The fraction of sp³-hybridized carbons (Fsp3) is 0.200. The quantitative estimate of drug-likeness (QED) is 0.903. The zero-order valence-corrected chi connectivity index (χ0v) is 11.0. The first kappa shape index (κ1) is 13.4. The Morgan fingerprint density at radius 1 is 1.43 bits per heavy atom.